The minimum Gasteiger partial charge on any atom is -0.497 e. The lowest BCUT2D eigenvalue weighted by Crippen LogP contribution is -2.41. The van der Waals surface area contributed by atoms with Gasteiger partial charge in [0, 0.05) is 29.9 Å². The van der Waals surface area contributed by atoms with E-state index in [0.29, 0.717) is 0 Å². The Balaban J connectivity index is 1.61. The number of carboxylic acids is 1. The van der Waals surface area contributed by atoms with Crippen LogP contribution < -0.4 is 20.9 Å². The van der Waals surface area contributed by atoms with Crippen molar-refractivity contribution in [3.8, 4) is 17.0 Å². The minimum atomic E-state index is -1.12. The van der Waals surface area contributed by atoms with Gasteiger partial charge in [0.1, 0.15) is 11.3 Å². The van der Waals surface area contributed by atoms with Crippen LogP contribution in [0.5, 0.6) is 5.75 Å². The second-order valence-electron chi connectivity index (χ2n) is 8.48. The van der Waals surface area contributed by atoms with Crippen LogP contribution in [-0.2, 0) is 15.1 Å². The second-order valence-corrected chi connectivity index (χ2v) is 8.48. The number of carbonyl (C=O) groups is 3. The van der Waals surface area contributed by atoms with E-state index >= 15 is 0 Å². The predicted molar refractivity (Wildman–Crippen MR) is 132 cm³/mol. The summed E-state index contributed by atoms with van der Waals surface area (Å²) in [7, 11) is 1.61. The molecule has 0 aliphatic carbocycles. The Kier molecular flexibility index (Phi) is 8.28. The number of ketones is 1. The monoisotopic (exact) mass is 493 g/mol. The van der Waals surface area contributed by atoms with E-state index in [1.165, 1.54) is 0 Å². The van der Waals surface area contributed by atoms with Gasteiger partial charge in [0.15, 0.2) is 5.78 Å². The molecule has 0 saturated carbocycles. The van der Waals surface area contributed by atoms with Crippen molar-refractivity contribution >= 4 is 23.6 Å². The molecule has 2 heterocycles. The first-order valence-corrected chi connectivity index (χ1v) is 11.1. The topological polar surface area (TPSA) is 163 Å². The number of amides is 1. The van der Waals surface area contributed by atoms with Crippen LogP contribution >= 0.6 is 0 Å². The third-order valence-corrected chi connectivity index (χ3v) is 5.49. The first-order chi connectivity index (χ1) is 17.1. The third kappa shape index (κ3) is 6.83. The lowest BCUT2D eigenvalue weighted by atomic mass is 9.95. The highest BCUT2D eigenvalue weighted by atomic mass is 16.5. The molecule has 0 aliphatic rings. The average molecular weight is 494 g/mol. The number of aromatic nitrogens is 3. The summed E-state index contributed by atoms with van der Waals surface area (Å²) in [6.07, 6.45) is 2.18. The summed E-state index contributed by atoms with van der Waals surface area (Å²) in [6.45, 7) is 3.65. The molecular weight excluding hydrogens is 466 g/mol. The van der Waals surface area contributed by atoms with E-state index in [1.807, 2.05) is 50.2 Å². The van der Waals surface area contributed by atoms with Gasteiger partial charge in [-0.3, -0.25) is 34.5 Å². The third-order valence-electron chi connectivity index (χ3n) is 5.49. The van der Waals surface area contributed by atoms with Gasteiger partial charge in [-0.1, -0.05) is 6.07 Å². The summed E-state index contributed by atoms with van der Waals surface area (Å²) in [5, 5.41) is 14.1. The molecule has 4 N–H and O–H groups in total. The Morgan fingerprint density at radius 3 is 2.33 bits per heavy atom. The molecule has 3 aromatic rings. The van der Waals surface area contributed by atoms with Gasteiger partial charge in [-0.25, -0.2) is 4.98 Å². The zero-order chi connectivity index (χ0) is 26.3. The maximum absolute atomic E-state index is 12.6. The van der Waals surface area contributed by atoms with Crippen molar-refractivity contribution in [1.82, 2.24) is 20.3 Å². The molecule has 0 unspecified atom stereocenters. The highest BCUT2D eigenvalue weighted by Crippen LogP contribution is 2.24. The number of Topliss-reactive ketones (excluding diaryl/α,β-unsaturated/α-hetero) is 1. The molecule has 0 radical (unpaired) electrons. The van der Waals surface area contributed by atoms with Crippen molar-refractivity contribution < 1.29 is 24.2 Å². The van der Waals surface area contributed by atoms with Crippen molar-refractivity contribution in [3.05, 3.63) is 70.3 Å². The number of nitrogens with one attached hydrogen (secondary N) is 3. The molecule has 1 aromatic carbocycles. The number of nitrogens with zero attached hydrogens (tertiary/aromatic N) is 2. The Hall–Kier alpha value is -4.38. The second kappa shape index (κ2) is 11.4. The summed E-state index contributed by atoms with van der Waals surface area (Å²) in [6, 6.07) is 11.4. The van der Waals surface area contributed by atoms with Crippen molar-refractivity contribution in [3.63, 3.8) is 0 Å². The number of ether oxygens (including phenoxy) is 1. The SMILES string of the molecule is COc1ccc(-c2ccc(C(C)(C)NCC(=O)c3cnc(NC(=O)CCC(=O)O)[nH]c3=O)cn2)cc1. The van der Waals surface area contributed by atoms with E-state index in [2.05, 4.69) is 25.6 Å². The van der Waals surface area contributed by atoms with Crippen LogP contribution in [0, 0.1) is 0 Å². The average Bonchev–Trinajstić information content (AvgIpc) is 2.86. The smallest absolute Gasteiger partial charge is 0.303 e. The van der Waals surface area contributed by atoms with E-state index in [0.717, 1.165) is 28.8 Å². The summed E-state index contributed by atoms with van der Waals surface area (Å²) in [5.74, 6) is -1.62. The Morgan fingerprint density at radius 1 is 1.03 bits per heavy atom. The number of hydrogen-bond donors (Lipinski definition) is 4. The summed E-state index contributed by atoms with van der Waals surface area (Å²) in [5.41, 5.74) is 1.07. The summed E-state index contributed by atoms with van der Waals surface area (Å²) in [4.78, 5) is 57.9. The minimum absolute atomic E-state index is 0.137. The number of benzene rings is 1. The van der Waals surface area contributed by atoms with Gasteiger partial charge >= 0.3 is 5.97 Å². The highest BCUT2D eigenvalue weighted by molar-refractivity contribution is 5.97. The molecule has 0 bridgehead atoms. The van der Waals surface area contributed by atoms with Gasteiger partial charge in [-0.2, -0.15) is 0 Å². The number of carboxylic acid groups (broad SMARTS) is 1. The molecule has 0 saturated heterocycles. The number of pyridine rings is 1. The molecular formula is C25H27N5O6. The largest absolute Gasteiger partial charge is 0.497 e. The van der Waals surface area contributed by atoms with Crippen molar-refractivity contribution in [2.24, 2.45) is 0 Å². The van der Waals surface area contributed by atoms with Crippen LogP contribution in [0.15, 0.2) is 53.6 Å². The number of aliphatic carboxylic acids is 1. The normalized spacial score (nSPS) is 11.1. The van der Waals surface area contributed by atoms with Gasteiger partial charge in [0.2, 0.25) is 11.9 Å². The maximum atomic E-state index is 12.6. The number of H-pyrrole nitrogens is 1. The zero-order valence-electron chi connectivity index (χ0n) is 20.1. The lowest BCUT2D eigenvalue weighted by Gasteiger charge is -2.26. The quantitative estimate of drug-likeness (QED) is 0.294. The van der Waals surface area contributed by atoms with E-state index in [-0.39, 0.29) is 30.9 Å². The van der Waals surface area contributed by atoms with Gasteiger partial charge in [-0.05, 0) is 49.7 Å². The number of methoxy groups -OCH3 is 1. The molecule has 188 valence electrons. The maximum Gasteiger partial charge on any atom is 0.303 e. The molecule has 0 aliphatic heterocycles. The molecule has 0 spiro atoms. The van der Waals surface area contributed by atoms with Crippen molar-refractivity contribution in [2.75, 3.05) is 19.0 Å². The molecule has 3 rings (SSSR count). The van der Waals surface area contributed by atoms with Crippen LogP contribution in [0.4, 0.5) is 5.95 Å². The molecule has 11 heteroatoms. The van der Waals surface area contributed by atoms with Gasteiger partial charge < -0.3 is 15.2 Å². The fourth-order valence-electron chi connectivity index (χ4n) is 3.27. The predicted octanol–water partition coefficient (Wildman–Crippen LogP) is 2.35. The fourth-order valence-corrected chi connectivity index (χ4v) is 3.27. The number of anilines is 1. The van der Waals surface area contributed by atoms with Crippen LogP contribution in [0.2, 0.25) is 0 Å². The molecule has 0 atom stereocenters. The number of hydrogen-bond acceptors (Lipinski definition) is 8. The number of aromatic amines is 1. The van der Waals surface area contributed by atoms with Gasteiger partial charge in [0.05, 0.1) is 25.8 Å². The molecule has 1 amide bonds. The fraction of sp³-hybridized carbons (Fsp3) is 0.280. The van der Waals surface area contributed by atoms with E-state index in [4.69, 9.17) is 9.84 Å². The van der Waals surface area contributed by atoms with Crippen molar-refractivity contribution in [2.45, 2.75) is 32.2 Å². The first kappa shape index (κ1) is 26.2. The zero-order valence-corrected chi connectivity index (χ0v) is 20.1. The van der Waals surface area contributed by atoms with Crippen LogP contribution in [0.3, 0.4) is 0 Å². The summed E-state index contributed by atoms with van der Waals surface area (Å²) >= 11 is 0. The number of carbonyl (C=O) groups excluding carboxylic acids is 2. The lowest BCUT2D eigenvalue weighted by molar-refractivity contribution is -0.138. The molecule has 2 aromatic heterocycles. The Morgan fingerprint density at radius 2 is 1.75 bits per heavy atom. The first-order valence-electron chi connectivity index (χ1n) is 11.1. The molecule has 11 nitrogen and oxygen atoms in total. The summed E-state index contributed by atoms with van der Waals surface area (Å²) < 4.78 is 5.18. The Labute approximate surface area is 207 Å². The van der Waals surface area contributed by atoms with Crippen LogP contribution in [0.25, 0.3) is 11.3 Å². The van der Waals surface area contributed by atoms with Crippen LogP contribution in [-0.4, -0.2) is 51.4 Å². The van der Waals surface area contributed by atoms with E-state index < -0.39 is 28.8 Å². The number of rotatable bonds is 11. The Bertz CT molecular complexity index is 1300. The standard InChI is InChI=1S/C25H27N5O6/c1-25(2,16-6-9-19(26-12-16)15-4-7-17(36-3)8-5-15)28-14-20(31)18-13-27-24(30-23(18)35)29-21(32)10-11-22(33)34/h4-9,12-13,28H,10-11,14H2,1-3H3,(H,33,34)(H2,27,29,30,32,35). The van der Waals surface area contributed by atoms with Gasteiger partial charge in [0.25, 0.3) is 5.56 Å². The van der Waals surface area contributed by atoms with E-state index in [1.54, 1.807) is 13.3 Å². The van der Waals surface area contributed by atoms with Crippen molar-refractivity contribution in [1.29, 1.82) is 0 Å². The molecule has 36 heavy (non-hydrogen) atoms. The highest BCUT2D eigenvalue weighted by Gasteiger charge is 2.23. The van der Waals surface area contributed by atoms with Gasteiger partial charge in [-0.15, -0.1) is 0 Å². The molecule has 0 fully saturated rings. The van der Waals surface area contributed by atoms with Crippen LogP contribution in [0.1, 0.15) is 42.6 Å². The van der Waals surface area contributed by atoms with E-state index in [9.17, 15) is 19.2 Å².